The van der Waals surface area contributed by atoms with Gasteiger partial charge in [0.1, 0.15) is 10.6 Å². The van der Waals surface area contributed by atoms with Crippen molar-refractivity contribution in [1.82, 2.24) is 4.57 Å². The first-order chi connectivity index (χ1) is 18.4. The van der Waals surface area contributed by atoms with E-state index >= 15 is 0 Å². The highest BCUT2D eigenvalue weighted by atomic mass is 32.1. The number of rotatable bonds is 4. The summed E-state index contributed by atoms with van der Waals surface area (Å²) >= 11 is 2.67. The first-order valence-electron chi connectivity index (χ1n) is 12.2. The van der Waals surface area contributed by atoms with E-state index in [1.807, 2.05) is 86.0 Å². The molecule has 4 heterocycles. The molecule has 0 fully saturated rings. The van der Waals surface area contributed by atoms with Gasteiger partial charge in [-0.25, -0.2) is 4.99 Å². The van der Waals surface area contributed by atoms with Crippen LogP contribution in [0.2, 0.25) is 0 Å². The van der Waals surface area contributed by atoms with Crippen molar-refractivity contribution in [2.45, 2.75) is 32.9 Å². The van der Waals surface area contributed by atoms with Gasteiger partial charge in [-0.3, -0.25) is 19.0 Å². The third-order valence-electron chi connectivity index (χ3n) is 6.70. The molecule has 0 aliphatic carbocycles. The van der Waals surface area contributed by atoms with Crippen LogP contribution in [-0.2, 0) is 9.59 Å². The first kappa shape index (κ1) is 24.3. The summed E-state index contributed by atoms with van der Waals surface area (Å²) in [7, 11) is 0. The van der Waals surface area contributed by atoms with Crippen LogP contribution >= 0.6 is 22.7 Å². The Morgan fingerprint density at radius 3 is 2.45 bits per heavy atom. The van der Waals surface area contributed by atoms with Crippen LogP contribution in [0.25, 0.3) is 5.57 Å². The predicted octanol–water partition coefficient (Wildman–Crippen LogP) is 4.06. The molecule has 2 amide bonds. The minimum Gasteiger partial charge on any atom is -0.322 e. The fourth-order valence-corrected chi connectivity index (χ4v) is 7.03. The minimum atomic E-state index is -0.655. The molecule has 2 aliphatic rings. The van der Waals surface area contributed by atoms with Crippen LogP contribution in [0.5, 0.6) is 0 Å². The Kier molecular flexibility index (Phi) is 5.97. The zero-order chi connectivity index (χ0) is 26.6. The van der Waals surface area contributed by atoms with Gasteiger partial charge in [-0.05, 0) is 50.4 Å². The maximum absolute atomic E-state index is 14.1. The summed E-state index contributed by atoms with van der Waals surface area (Å²) < 4.78 is 1.91. The van der Waals surface area contributed by atoms with E-state index in [9.17, 15) is 14.4 Å². The summed E-state index contributed by atoms with van der Waals surface area (Å²) in [5.74, 6) is -0.515. The van der Waals surface area contributed by atoms with Crippen LogP contribution in [0.4, 0.5) is 11.4 Å². The quantitative estimate of drug-likeness (QED) is 0.424. The average molecular weight is 541 g/mol. The zero-order valence-corrected chi connectivity index (χ0v) is 22.6. The molecule has 1 N–H and O–H groups in total. The lowest BCUT2D eigenvalue weighted by Crippen LogP contribution is -2.41. The van der Waals surface area contributed by atoms with E-state index in [1.165, 1.54) is 22.7 Å². The molecule has 0 radical (unpaired) electrons. The Morgan fingerprint density at radius 1 is 1.00 bits per heavy atom. The molecule has 0 saturated carbocycles. The number of para-hydroxylation sites is 2. The fraction of sp³-hybridized carbons (Fsp3) is 0.172. The number of nitrogens with one attached hydrogen (secondary N) is 1. The summed E-state index contributed by atoms with van der Waals surface area (Å²) in [4.78, 5) is 49.2. The molecule has 1 atom stereocenters. The van der Waals surface area contributed by atoms with Crippen molar-refractivity contribution < 1.29 is 9.59 Å². The van der Waals surface area contributed by atoms with E-state index in [4.69, 9.17) is 4.99 Å². The van der Waals surface area contributed by atoms with Crippen molar-refractivity contribution in [2.75, 3.05) is 10.2 Å². The lowest BCUT2D eigenvalue weighted by atomic mass is 10.0. The number of hydrogen-bond donors (Lipinski definition) is 1. The van der Waals surface area contributed by atoms with Crippen LogP contribution in [0, 0.1) is 0 Å². The molecule has 38 heavy (non-hydrogen) atoms. The average Bonchev–Trinajstić information content (AvgIpc) is 3.60. The van der Waals surface area contributed by atoms with Gasteiger partial charge >= 0.3 is 0 Å². The fourth-order valence-electron chi connectivity index (χ4n) is 5.07. The molecule has 0 unspecified atom stereocenters. The number of hydrogen-bond acceptors (Lipinski definition) is 6. The number of amides is 2. The Balaban J connectivity index is 1.57. The topological polar surface area (TPSA) is 83.8 Å². The van der Waals surface area contributed by atoms with Gasteiger partial charge in [-0.15, -0.1) is 11.3 Å². The number of nitrogens with zero attached hydrogens (tertiary/aromatic N) is 3. The number of fused-ring (bicyclic) bond motifs is 2. The second kappa shape index (κ2) is 9.34. The van der Waals surface area contributed by atoms with Gasteiger partial charge in [0.05, 0.1) is 22.5 Å². The summed E-state index contributed by atoms with van der Waals surface area (Å²) in [5, 5.41) is 4.88. The van der Waals surface area contributed by atoms with Gasteiger partial charge in [-0.2, -0.15) is 0 Å². The van der Waals surface area contributed by atoms with E-state index < -0.39 is 6.04 Å². The van der Waals surface area contributed by atoms with Gasteiger partial charge in [-0.1, -0.05) is 53.8 Å². The standard InChI is InChI=1S/C29H24N4O3S2/c1-16(2)32-20-13-8-7-12-19(20)23(27(32)35)25-28(36)33-24(21-14-9-15-37-21)22(17(3)30-29(33)38-25)26(34)31-18-10-5-4-6-11-18/h4-16,24H,1-3H3,(H,31,34)/b25-23+/t24-/m0/s1. The van der Waals surface area contributed by atoms with Gasteiger partial charge in [0, 0.05) is 22.2 Å². The normalized spacial score (nSPS) is 17.9. The van der Waals surface area contributed by atoms with Gasteiger partial charge in [0.2, 0.25) is 0 Å². The minimum absolute atomic E-state index is 0.0701. The summed E-state index contributed by atoms with van der Waals surface area (Å²) in [6.07, 6.45) is 0. The van der Waals surface area contributed by atoms with Crippen molar-refractivity contribution in [2.24, 2.45) is 4.99 Å². The van der Waals surface area contributed by atoms with E-state index in [1.54, 1.807) is 16.4 Å². The number of benzene rings is 2. The number of carbonyl (C=O) groups is 2. The largest absolute Gasteiger partial charge is 0.322 e. The summed E-state index contributed by atoms with van der Waals surface area (Å²) in [6, 6.07) is 19.8. The molecule has 9 heteroatoms. The number of thiazole rings is 1. The number of thiophene rings is 1. The van der Waals surface area contributed by atoms with Crippen LogP contribution in [-0.4, -0.2) is 22.4 Å². The van der Waals surface area contributed by atoms with Crippen LogP contribution in [0.15, 0.2) is 93.2 Å². The van der Waals surface area contributed by atoms with Crippen LogP contribution in [0.1, 0.15) is 37.3 Å². The van der Waals surface area contributed by atoms with Crippen LogP contribution < -0.4 is 25.1 Å². The van der Waals surface area contributed by atoms with Crippen molar-refractivity contribution in [1.29, 1.82) is 0 Å². The monoisotopic (exact) mass is 540 g/mol. The smallest absolute Gasteiger partial charge is 0.272 e. The Hall–Kier alpha value is -4.08. The number of aromatic nitrogens is 1. The van der Waals surface area contributed by atoms with E-state index in [2.05, 4.69) is 5.32 Å². The predicted molar refractivity (Wildman–Crippen MR) is 151 cm³/mol. The number of allylic oxidation sites excluding steroid dienone is 1. The maximum atomic E-state index is 14.1. The molecule has 2 aliphatic heterocycles. The zero-order valence-electron chi connectivity index (χ0n) is 21.0. The van der Waals surface area contributed by atoms with Crippen molar-refractivity contribution in [3.8, 4) is 0 Å². The lowest BCUT2D eigenvalue weighted by molar-refractivity contribution is -0.114. The van der Waals surface area contributed by atoms with Gasteiger partial charge in [0.25, 0.3) is 17.4 Å². The molecule has 2 aromatic heterocycles. The lowest BCUT2D eigenvalue weighted by Gasteiger charge is -2.24. The third kappa shape index (κ3) is 3.77. The highest BCUT2D eigenvalue weighted by molar-refractivity contribution is 7.10. The molecule has 190 valence electrons. The van der Waals surface area contributed by atoms with Crippen molar-refractivity contribution >= 4 is 51.4 Å². The van der Waals surface area contributed by atoms with Crippen LogP contribution in [0.3, 0.4) is 0 Å². The van der Waals surface area contributed by atoms with Crippen molar-refractivity contribution in [3.63, 3.8) is 0 Å². The second-order valence-electron chi connectivity index (χ2n) is 9.40. The highest BCUT2D eigenvalue weighted by Crippen LogP contribution is 2.37. The molecular formula is C29H24N4O3S2. The highest BCUT2D eigenvalue weighted by Gasteiger charge is 2.38. The van der Waals surface area contributed by atoms with E-state index in [-0.39, 0.29) is 23.4 Å². The van der Waals surface area contributed by atoms with Gasteiger partial charge in [0.15, 0.2) is 4.80 Å². The Labute approximate surface area is 226 Å². The molecule has 0 saturated heterocycles. The molecule has 6 rings (SSSR count). The van der Waals surface area contributed by atoms with E-state index in [0.29, 0.717) is 31.9 Å². The maximum Gasteiger partial charge on any atom is 0.272 e. The summed E-state index contributed by atoms with van der Waals surface area (Å²) in [5.41, 5.74) is 3.19. The molecular weight excluding hydrogens is 516 g/mol. The SMILES string of the molecule is CC1=C(C(=O)Nc2ccccc2)[C@H](c2cccs2)n2c(s/c(=C3/C(=O)N(C(C)C)c4ccccc43)c2=O)=N1. The third-order valence-corrected chi connectivity index (χ3v) is 8.67. The molecule has 0 bridgehead atoms. The number of anilines is 2. The Bertz CT molecular complexity index is 1800. The molecule has 2 aromatic carbocycles. The molecule has 4 aromatic rings. The first-order valence-corrected chi connectivity index (χ1v) is 13.9. The molecule has 7 nitrogen and oxygen atoms in total. The molecule has 0 spiro atoms. The Morgan fingerprint density at radius 2 is 1.74 bits per heavy atom. The summed E-state index contributed by atoms with van der Waals surface area (Å²) in [6.45, 7) is 5.70. The van der Waals surface area contributed by atoms with E-state index in [0.717, 1.165) is 16.1 Å². The second-order valence-corrected chi connectivity index (χ2v) is 11.4. The number of carbonyl (C=O) groups excluding carboxylic acids is 2. The van der Waals surface area contributed by atoms with Crippen molar-refractivity contribution in [3.05, 3.63) is 114 Å². The van der Waals surface area contributed by atoms with Gasteiger partial charge < -0.3 is 10.2 Å².